The third kappa shape index (κ3) is 4.38. The third-order valence-electron chi connectivity index (χ3n) is 2.50. The van der Waals surface area contributed by atoms with E-state index >= 15 is 0 Å². The van der Waals surface area contributed by atoms with Gasteiger partial charge in [0.15, 0.2) is 0 Å². The van der Waals surface area contributed by atoms with Crippen molar-refractivity contribution >= 4 is 0 Å². The molecule has 1 aromatic heterocycles. The Balaban J connectivity index is 2.10. The highest BCUT2D eigenvalue weighted by Gasteiger charge is 1.97. The van der Waals surface area contributed by atoms with E-state index < -0.39 is 0 Å². The Morgan fingerprint density at radius 2 is 2.36 bits per heavy atom. The maximum Gasteiger partial charge on any atom is 0.0300 e. The summed E-state index contributed by atoms with van der Waals surface area (Å²) >= 11 is 0. The van der Waals surface area contributed by atoms with Crippen LogP contribution >= 0.6 is 0 Å². The van der Waals surface area contributed by atoms with Crippen molar-refractivity contribution in [2.24, 2.45) is 5.92 Å². The largest absolute Gasteiger partial charge is 0.316 e. The summed E-state index contributed by atoms with van der Waals surface area (Å²) in [6.07, 6.45) is 6.07. The molecule has 0 aliphatic carbocycles. The van der Waals surface area contributed by atoms with Gasteiger partial charge in [-0.25, -0.2) is 0 Å². The summed E-state index contributed by atoms with van der Waals surface area (Å²) < 4.78 is 0. The van der Waals surface area contributed by atoms with Gasteiger partial charge in [0, 0.05) is 12.4 Å². The van der Waals surface area contributed by atoms with Crippen LogP contribution in [0.4, 0.5) is 0 Å². The molecule has 2 nitrogen and oxygen atoms in total. The molecule has 1 atom stereocenters. The van der Waals surface area contributed by atoms with Gasteiger partial charge >= 0.3 is 0 Å². The van der Waals surface area contributed by atoms with Crippen molar-refractivity contribution in [2.75, 3.05) is 13.1 Å². The Kier molecular flexibility index (Phi) is 5.23. The highest BCUT2D eigenvalue weighted by molar-refractivity contribution is 5.08. The first kappa shape index (κ1) is 11.2. The van der Waals surface area contributed by atoms with Gasteiger partial charge in [0.05, 0.1) is 0 Å². The lowest BCUT2D eigenvalue weighted by Gasteiger charge is -2.09. The van der Waals surface area contributed by atoms with Gasteiger partial charge in [-0.05, 0) is 37.1 Å². The first-order valence-corrected chi connectivity index (χ1v) is 5.42. The van der Waals surface area contributed by atoms with Crippen LogP contribution in [0.1, 0.15) is 25.8 Å². The van der Waals surface area contributed by atoms with Gasteiger partial charge < -0.3 is 5.32 Å². The molecule has 0 aliphatic heterocycles. The molecular formula is C12H20N2. The highest BCUT2D eigenvalue weighted by Crippen LogP contribution is 1.98. The summed E-state index contributed by atoms with van der Waals surface area (Å²) in [5, 5.41) is 3.46. The van der Waals surface area contributed by atoms with Gasteiger partial charge in [-0.15, -0.1) is 0 Å². The van der Waals surface area contributed by atoms with Crippen LogP contribution in [0.5, 0.6) is 0 Å². The lowest BCUT2D eigenvalue weighted by Crippen LogP contribution is -2.23. The van der Waals surface area contributed by atoms with Crippen molar-refractivity contribution in [3.8, 4) is 0 Å². The predicted molar refractivity (Wildman–Crippen MR) is 60.3 cm³/mol. The average Bonchev–Trinajstić information content (AvgIpc) is 2.25. The van der Waals surface area contributed by atoms with E-state index in [4.69, 9.17) is 0 Å². The van der Waals surface area contributed by atoms with Gasteiger partial charge in [0.1, 0.15) is 0 Å². The number of rotatable bonds is 6. The quantitative estimate of drug-likeness (QED) is 0.699. The molecule has 0 radical (unpaired) electrons. The molecule has 1 aromatic rings. The Hall–Kier alpha value is -0.890. The van der Waals surface area contributed by atoms with Gasteiger partial charge in [-0.1, -0.05) is 26.3 Å². The molecule has 1 unspecified atom stereocenters. The molecular weight excluding hydrogens is 172 g/mol. The van der Waals surface area contributed by atoms with Crippen LogP contribution in [0, 0.1) is 5.92 Å². The Morgan fingerprint density at radius 1 is 1.50 bits per heavy atom. The fraction of sp³-hybridized carbons (Fsp3) is 0.583. The first-order valence-electron chi connectivity index (χ1n) is 5.42. The van der Waals surface area contributed by atoms with Gasteiger partial charge in [-0.2, -0.15) is 0 Å². The fourth-order valence-corrected chi connectivity index (χ4v) is 1.27. The monoisotopic (exact) mass is 192 g/mol. The average molecular weight is 192 g/mol. The minimum absolute atomic E-state index is 0.781. The Bertz CT molecular complexity index is 233. The van der Waals surface area contributed by atoms with Gasteiger partial charge in [0.2, 0.25) is 0 Å². The Morgan fingerprint density at radius 3 is 3.00 bits per heavy atom. The Labute approximate surface area is 86.8 Å². The summed E-state index contributed by atoms with van der Waals surface area (Å²) in [5.41, 5.74) is 1.31. The number of hydrogen-bond acceptors (Lipinski definition) is 2. The van der Waals surface area contributed by atoms with E-state index in [9.17, 15) is 0 Å². The molecule has 0 saturated heterocycles. The topological polar surface area (TPSA) is 24.9 Å². The number of pyridine rings is 1. The van der Waals surface area contributed by atoms with Crippen LogP contribution in [-0.4, -0.2) is 18.1 Å². The lowest BCUT2D eigenvalue weighted by molar-refractivity contribution is 0.502. The van der Waals surface area contributed by atoms with Crippen molar-refractivity contribution in [1.29, 1.82) is 0 Å². The van der Waals surface area contributed by atoms with Crippen molar-refractivity contribution in [3.05, 3.63) is 30.1 Å². The van der Waals surface area contributed by atoms with Crippen LogP contribution in [0.2, 0.25) is 0 Å². The molecule has 0 fully saturated rings. The normalized spacial score (nSPS) is 12.7. The molecule has 78 valence electrons. The maximum absolute atomic E-state index is 4.09. The predicted octanol–water partition coefficient (Wildman–Crippen LogP) is 2.26. The second kappa shape index (κ2) is 6.55. The summed E-state index contributed by atoms with van der Waals surface area (Å²) in [6.45, 7) is 6.68. The zero-order chi connectivity index (χ0) is 10.2. The number of hydrogen-bond donors (Lipinski definition) is 1. The fourth-order valence-electron chi connectivity index (χ4n) is 1.27. The molecule has 1 heterocycles. The number of nitrogens with one attached hydrogen (secondary N) is 1. The lowest BCUT2D eigenvalue weighted by atomic mass is 10.1. The number of nitrogens with zero attached hydrogens (tertiary/aromatic N) is 1. The molecule has 2 heteroatoms. The molecule has 0 bridgehead atoms. The molecule has 0 aliphatic rings. The summed E-state index contributed by atoms with van der Waals surface area (Å²) in [4.78, 5) is 4.09. The maximum atomic E-state index is 4.09. The zero-order valence-corrected chi connectivity index (χ0v) is 9.16. The molecule has 0 aromatic carbocycles. The van der Waals surface area contributed by atoms with Crippen LogP contribution in [0.15, 0.2) is 24.5 Å². The van der Waals surface area contributed by atoms with E-state index in [1.165, 1.54) is 12.0 Å². The van der Waals surface area contributed by atoms with Crippen LogP contribution in [0.3, 0.4) is 0 Å². The van der Waals surface area contributed by atoms with Crippen molar-refractivity contribution < 1.29 is 0 Å². The second-order valence-corrected chi connectivity index (χ2v) is 3.83. The van der Waals surface area contributed by atoms with E-state index in [1.807, 2.05) is 18.5 Å². The van der Waals surface area contributed by atoms with E-state index in [0.717, 1.165) is 25.4 Å². The first-order chi connectivity index (χ1) is 6.83. The SMILES string of the molecule is CCC(C)CNCCc1cccnc1. The van der Waals surface area contributed by atoms with Crippen LogP contribution < -0.4 is 5.32 Å². The third-order valence-corrected chi connectivity index (χ3v) is 2.50. The summed E-state index contributed by atoms with van der Waals surface area (Å²) in [7, 11) is 0. The van der Waals surface area contributed by atoms with Crippen LogP contribution in [-0.2, 0) is 6.42 Å². The highest BCUT2D eigenvalue weighted by atomic mass is 14.8. The standard InChI is InChI=1S/C12H20N2/c1-3-11(2)9-14-8-6-12-5-4-7-13-10-12/h4-5,7,10-11,14H,3,6,8-9H2,1-2H3. The number of aromatic nitrogens is 1. The van der Waals surface area contributed by atoms with E-state index in [0.29, 0.717) is 0 Å². The zero-order valence-electron chi connectivity index (χ0n) is 9.16. The van der Waals surface area contributed by atoms with E-state index in [-0.39, 0.29) is 0 Å². The molecule has 0 spiro atoms. The molecule has 0 saturated carbocycles. The molecule has 14 heavy (non-hydrogen) atoms. The molecule has 1 N–H and O–H groups in total. The molecule has 1 rings (SSSR count). The second-order valence-electron chi connectivity index (χ2n) is 3.83. The van der Waals surface area contributed by atoms with E-state index in [1.54, 1.807) is 0 Å². The molecule has 0 amide bonds. The van der Waals surface area contributed by atoms with Crippen molar-refractivity contribution in [2.45, 2.75) is 26.7 Å². The van der Waals surface area contributed by atoms with Crippen LogP contribution in [0.25, 0.3) is 0 Å². The summed E-state index contributed by atoms with van der Waals surface area (Å²) in [6, 6.07) is 4.11. The van der Waals surface area contributed by atoms with Gasteiger partial charge in [0.25, 0.3) is 0 Å². The van der Waals surface area contributed by atoms with Crippen molar-refractivity contribution in [3.63, 3.8) is 0 Å². The smallest absolute Gasteiger partial charge is 0.0300 e. The minimum atomic E-state index is 0.781. The van der Waals surface area contributed by atoms with Crippen molar-refractivity contribution in [1.82, 2.24) is 10.3 Å². The summed E-state index contributed by atoms with van der Waals surface area (Å²) in [5.74, 6) is 0.781. The van der Waals surface area contributed by atoms with E-state index in [2.05, 4.69) is 30.2 Å². The minimum Gasteiger partial charge on any atom is -0.316 e. The van der Waals surface area contributed by atoms with Gasteiger partial charge in [-0.3, -0.25) is 4.98 Å².